The molecule has 8 heteroatoms. The number of amides is 1. The lowest BCUT2D eigenvalue weighted by molar-refractivity contribution is -0.118. The van der Waals surface area contributed by atoms with Crippen molar-refractivity contribution in [2.24, 2.45) is 5.10 Å². The maximum atomic E-state index is 12.1. The van der Waals surface area contributed by atoms with Gasteiger partial charge in [-0.15, -0.1) is 0 Å². The summed E-state index contributed by atoms with van der Waals surface area (Å²) in [6, 6.07) is 11.6. The number of benzene rings is 1. The van der Waals surface area contributed by atoms with Crippen molar-refractivity contribution in [3.05, 3.63) is 69.8 Å². The van der Waals surface area contributed by atoms with Crippen LogP contribution in [0, 0.1) is 27.7 Å². The van der Waals surface area contributed by atoms with E-state index in [0.29, 0.717) is 10.2 Å². The van der Waals surface area contributed by atoms with Crippen molar-refractivity contribution in [1.82, 2.24) is 20.0 Å². The van der Waals surface area contributed by atoms with Gasteiger partial charge in [-0.3, -0.25) is 4.79 Å². The number of hydrogen-bond acceptors (Lipinski definition) is 5. The molecular formula is C21H22ClN5OS. The normalized spacial score (nSPS) is 11.2. The fourth-order valence-electron chi connectivity index (χ4n) is 3.02. The van der Waals surface area contributed by atoms with Crippen molar-refractivity contribution in [2.45, 2.75) is 32.9 Å². The molecule has 1 aromatic carbocycles. The minimum atomic E-state index is -0.214. The van der Waals surface area contributed by atoms with Crippen molar-refractivity contribution in [2.75, 3.05) is 5.75 Å². The summed E-state index contributed by atoms with van der Waals surface area (Å²) in [5, 5.41) is 5.36. The van der Waals surface area contributed by atoms with E-state index in [1.165, 1.54) is 11.8 Å². The van der Waals surface area contributed by atoms with Crippen LogP contribution in [-0.2, 0) is 4.79 Å². The van der Waals surface area contributed by atoms with Gasteiger partial charge in [0.05, 0.1) is 22.7 Å². The van der Waals surface area contributed by atoms with E-state index in [4.69, 9.17) is 11.6 Å². The highest BCUT2D eigenvalue weighted by molar-refractivity contribution is 7.99. The standard InChI is InChI=1S/C21H22ClN5OS/c1-13-9-14(2)25-21(24-13)29-12-20(28)26-23-11-17-10-15(3)27(16(17)4)19-8-6-5-7-18(19)22/h5-11H,12H2,1-4H3,(H,26,28)/b23-11+. The first kappa shape index (κ1) is 21.1. The maximum absolute atomic E-state index is 12.1. The molecule has 1 N–H and O–H groups in total. The average molecular weight is 428 g/mol. The Kier molecular flexibility index (Phi) is 6.71. The van der Waals surface area contributed by atoms with Crippen molar-refractivity contribution < 1.29 is 4.79 Å². The van der Waals surface area contributed by atoms with Crippen LogP contribution in [0.4, 0.5) is 0 Å². The lowest BCUT2D eigenvalue weighted by Crippen LogP contribution is -2.19. The Morgan fingerprint density at radius 2 is 1.86 bits per heavy atom. The third kappa shape index (κ3) is 5.25. The highest BCUT2D eigenvalue weighted by Crippen LogP contribution is 2.25. The summed E-state index contributed by atoms with van der Waals surface area (Å²) in [5.41, 5.74) is 8.17. The first-order valence-electron chi connectivity index (χ1n) is 9.06. The number of hydrazone groups is 1. The number of rotatable bonds is 6. The molecule has 0 atom stereocenters. The molecule has 29 heavy (non-hydrogen) atoms. The second-order valence-corrected chi connectivity index (χ2v) is 7.98. The summed E-state index contributed by atoms with van der Waals surface area (Å²) >= 11 is 7.62. The number of hydrogen-bond donors (Lipinski definition) is 1. The van der Waals surface area contributed by atoms with Gasteiger partial charge in [0.15, 0.2) is 5.16 Å². The van der Waals surface area contributed by atoms with Gasteiger partial charge in [-0.2, -0.15) is 5.10 Å². The fraction of sp³-hybridized carbons (Fsp3) is 0.238. The molecule has 3 rings (SSSR count). The zero-order valence-corrected chi connectivity index (χ0v) is 18.3. The van der Waals surface area contributed by atoms with E-state index in [9.17, 15) is 4.79 Å². The van der Waals surface area contributed by atoms with Crippen molar-refractivity contribution in [1.29, 1.82) is 0 Å². The van der Waals surface area contributed by atoms with Crippen LogP contribution in [0.3, 0.4) is 0 Å². The van der Waals surface area contributed by atoms with E-state index in [2.05, 4.69) is 25.1 Å². The summed E-state index contributed by atoms with van der Waals surface area (Å²) in [6.45, 7) is 7.81. The largest absolute Gasteiger partial charge is 0.316 e. The van der Waals surface area contributed by atoms with Gasteiger partial charge in [-0.25, -0.2) is 15.4 Å². The summed E-state index contributed by atoms with van der Waals surface area (Å²) < 4.78 is 2.07. The van der Waals surface area contributed by atoms with E-state index in [1.54, 1.807) is 6.21 Å². The molecule has 0 saturated carbocycles. The molecule has 0 unspecified atom stereocenters. The van der Waals surface area contributed by atoms with Crippen LogP contribution in [0.5, 0.6) is 0 Å². The van der Waals surface area contributed by atoms with E-state index >= 15 is 0 Å². The molecule has 2 aromatic heterocycles. The van der Waals surface area contributed by atoms with Crippen LogP contribution in [0.15, 0.2) is 46.7 Å². The second-order valence-electron chi connectivity index (χ2n) is 6.63. The van der Waals surface area contributed by atoms with Gasteiger partial charge in [0.1, 0.15) is 0 Å². The molecule has 0 bridgehead atoms. The molecular weight excluding hydrogens is 406 g/mol. The van der Waals surface area contributed by atoms with Crippen LogP contribution in [0.25, 0.3) is 5.69 Å². The van der Waals surface area contributed by atoms with Crippen molar-refractivity contribution >= 4 is 35.5 Å². The molecule has 0 fully saturated rings. The van der Waals surface area contributed by atoms with Gasteiger partial charge in [0.2, 0.25) is 0 Å². The molecule has 0 spiro atoms. The number of carbonyl (C=O) groups excluding carboxylic acids is 1. The molecule has 0 saturated heterocycles. The van der Waals surface area contributed by atoms with Gasteiger partial charge < -0.3 is 4.57 Å². The van der Waals surface area contributed by atoms with Gasteiger partial charge >= 0.3 is 0 Å². The number of nitrogens with one attached hydrogen (secondary N) is 1. The smallest absolute Gasteiger partial charge is 0.250 e. The number of aryl methyl sites for hydroxylation is 3. The summed E-state index contributed by atoms with van der Waals surface area (Å²) in [5.74, 6) is -0.0206. The predicted molar refractivity (Wildman–Crippen MR) is 118 cm³/mol. The summed E-state index contributed by atoms with van der Waals surface area (Å²) in [4.78, 5) is 20.7. The average Bonchev–Trinajstić information content (AvgIpc) is 2.93. The van der Waals surface area contributed by atoms with Crippen LogP contribution >= 0.6 is 23.4 Å². The number of nitrogens with zero attached hydrogens (tertiary/aromatic N) is 4. The fourth-order valence-corrected chi connectivity index (χ4v) is 3.98. The monoisotopic (exact) mass is 427 g/mol. The Morgan fingerprint density at radius 1 is 1.17 bits per heavy atom. The Bertz CT molecular complexity index is 1060. The SMILES string of the molecule is Cc1cc(C)nc(SCC(=O)N/N=C/c2cc(C)n(-c3ccccc3Cl)c2C)n1. The highest BCUT2D eigenvalue weighted by atomic mass is 35.5. The maximum Gasteiger partial charge on any atom is 0.250 e. The number of aromatic nitrogens is 3. The van der Waals surface area contributed by atoms with Gasteiger partial charge in [0, 0.05) is 28.3 Å². The van der Waals surface area contributed by atoms with E-state index in [1.807, 2.05) is 64.1 Å². The minimum Gasteiger partial charge on any atom is -0.316 e. The van der Waals surface area contributed by atoms with E-state index in [-0.39, 0.29) is 11.7 Å². The molecule has 6 nitrogen and oxygen atoms in total. The van der Waals surface area contributed by atoms with E-state index in [0.717, 1.165) is 34.0 Å². The second kappa shape index (κ2) is 9.24. The lowest BCUT2D eigenvalue weighted by atomic mass is 10.2. The van der Waals surface area contributed by atoms with Gasteiger partial charge in [-0.05, 0) is 52.0 Å². The zero-order chi connectivity index (χ0) is 21.0. The Morgan fingerprint density at radius 3 is 2.55 bits per heavy atom. The third-order valence-electron chi connectivity index (χ3n) is 4.25. The zero-order valence-electron chi connectivity index (χ0n) is 16.7. The quantitative estimate of drug-likeness (QED) is 0.274. The van der Waals surface area contributed by atoms with Crippen molar-refractivity contribution in [3.8, 4) is 5.69 Å². The molecule has 1 amide bonds. The van der Waals surface area contributed by atoms with E-state index < -0.39 is 0 Å². The molecule has 0 aliphatic carbocycles. The first-order chi connectivity index (χ1) is 13.8. The molecule has 0 aliphatic rings. The topological polar surface area (TPSA) is 72.2 Å². The van der Waals surface area contributed by atoms with Crippen LogP contribution in [0.2, 0.25) is 5.02 Å². The Labute approximate surface area is 179 Å². The lowest BCUT2D eigenvalue weighted by Gasteiger charge is -2.11. The van der Waals surface area contributed by atoms with Crippen LogP contribution in [-0.4, -0.2) is 32.4 Å². The van der Waals surface area contributed by atoms with Gasteiger partial charge in [0.25, 0.3) is 5.91 Å². The third-order valence-corrected chi connectivity index (χ3v) is 5.42. The number of thioether (sulfide) groups is 1. The molecule has 0 radical (unpaired) electrons. The van der Waals surface area contributed by atoms with Gasteiger partial charge in [-0.1, -0.05) is 35.5 Å². The molecule has 150 valence electrons. The van der Waals surface area contributed by atoms with Crippen LogP contribution in [0.1, 0.15) is 28.3 Å². The number of halogens is 1. The van der Waals surface area contributed by atoms with Crippen molar-refractivity contribution in [3.63, 3.8) is 0 Å². The van der Waals surface area contributed by atoms with Crippen LogP contribution < -0.4 is 5.43 Å². The molecule has 2 heterocycles. The molecule has 0 aliphatic heterocycles. The Hall–Kier alpha value is -2.64. The summed E-state index contributed by atoms with van der Waals surface area (Å²) in [6.07, 6.45) is 1.64. The number of carbonyl (C=O) groups is 1. The Balaban J connectivity index is 1.64. The predicted octanol–water partition coefficient (Wildman–Crippen LogP) is 4.40. The minimum absolute atomic E-state index is 0.193. The highest BCUT2D eigenvalue weighted by Gasteiger charge is 2.12. The molecule has 3 aromatic rings. The summed E-state index contributed by atoms with van der Waals surface area (Å²) in [7, 11) is 0. The first-order valence-corrected chi connectivity index (χ1v) is 10.4. The number of para-hydroxylation sites is 1.